The molecule has 2 atom stereocenters. The molecule has 0 N–H and O–H groups in total. The van der Waals surface area contributed by atoms with Gasteiger partial charge < -0.3 is 9.64 Å². The fourth-order valence-corrected chi connectivity index (χ4v) is 4.93. The number of nitrogens with zero attached hydrogens (tertiary/aromatic N) is 2. The van der Waals surface area contributed by atoms with Crippen molar-refractivity contribution < 1.29 is 23.9 Å². The molecule has 0 unspecified atom stereocenters. The largest absolute Gasteiger partial charge is 0.456 e. The lowest BCUT2D eigenvalue weighted by atomic mass is 9.85. The van der Waals surface area contributed by atoms with Crippen molar-refractivity contribution in [1.29, 1.82) is 0 Å². The molecule has 1 aliphatic carbocycles. The molecule has 0 saturated carbocycles. The van der Waals surface area contributed by atoms with Crippen LogP contribution >= 0.6 is 0 Å². The molecule has 0 aromatic heterocycles. The van der Waals surface area contributed by atoms with E-state index in [0.29, 0.717) is 31.8 Å². The smallest absolute Gasteiger partial charge is 0.308 e. The van der Waals surface area contributed by atoms with Crippen molar-refractivity contribution in [3.05, 3.63) is 48.0 Å². The van der Waals surface area contributed by atoms with E-state index >= 15 is 0 Å². The third kappa shape index (κ3) is 5.09. The van der Waals surface area contributed by atoms with Crippen molar-refractivity contribution in [2.24, 2.45) is 17.8 Å². The van der Waals surface area contributed by atoms with E-state index in [4.69, 9.17) is 4.74 Å². The Bertz CT molecular complexity index is 863. The molecule has 2 fully saturated rings. The number of benzene rings is 1. The average Bonchev–Trinajstić information content (AvgIpc) is 3.07. The molecule has 1 aromatic rings. The van der Waals surface area contributed by atoms with Crippen LogP contribution in [0.4, 0.5) is 0 Å². The van der Waals surface area contributed by atoms with E-state index in [1.807, 2.05) is 30.4 Å². The van der Waals surface area contributed by atoms with E-state index in [-0.39, 0.29) is 49.1 Å². The zero-order valence-electron chi connectivity index (χ0n) is 18.3. The van der Waals surface area contributed by atoms with Crippen molar-refractivity contribution in [2.45, 2.75) is 38.5 Å². The molecule has 3 aliphatic rings. The van der Waals surface area contributed by atoms with E-state index in [0.717, 1.165) is 19.3 Å². The second-order valence-corrected chi connectivity index (χ2v) is 8.91. The summed E-state index contributed by atoms with van der Waals surface area (Å²) in [5.41, 5.74) is 1.32. The van der Waals surface area contributed by atoms with Crippen molar-refractivity contribution in [3.8, 4) is 0 Å². The van der Waals surface area contributed by atoms with Crippen molar-refractivity contribution in [2.75, 3.05) is 26.2 Å². The van der Waals surface area contributed by atoms with Crippen LogP contribution in [0.2, 0.25) is 0 Å². The van der Waals surface area contributed by atoms with Crippen LogP contribution in [-0.2, 0) is 30.3 Å². The zero-order chi connectivity index (χ0) is 22.5. The monoisotopic (exact) mass is 438 g/mol. The van der Waals surface area contributed by atoms with Crippen LogP contribution in [0.15, 0.2) is 42.5 Å². The molecule has 4 rings (SSSR count). The van der Waals surface area contributed by atoms with Gasteiger partial charge in [0.25, 0.3) is 5.91 Å². The van der Waals surface area contributed by atoms with Gasteiger partial charge >= 0.3 is 5.97 Å². The van der Waals surface area contributed by atoms with Gasteiger partial charge in [-0.1, -0.05) is 42.5 Å². The molecular formula is C25H30N2O5. The lowest BCUT2D eigenvalue weighted by Crippen LogP contribution is -2.41. The molecule has 3 amide bonds. The summed E-state index contributed by atoms with van der Waals surface area (Å²) in [5.74, 6) is -1.20. The van der Waals surface area contributed by atoms with E-state index in [2.05, 4.69) is 12.1 Å². The second-order valence-electron chi connectivity index (χ2n) is 8.91. The topological polar surface area (TPSA) is 84.0 Å². The maximum Gasteiger partial charge on any atom is 0.308 e. The number of carbonyl (C=O) groups is 4. The number of carbonyl (C=O) groups excluding carboxylic acids is 4. The third-order valence-corrected chi connectivity index (χ3v) is 6.83. The molecule has 1 aromatic carbocycles. The van der Waals surface area contributed by atoms with Gasteiger partial charge in [-0.15, -0.1) is 0 Å². The van der Waals surface area contributed by atoms with E-state index in [1.165, 1.54) is 10.5 Å². The van der Waals surface area contributed by atoms with E-state index in [1.54, 1.807) is 4.90 Å². The van der Waals surface area contributed by atoms with Gasteiger partial charge in [-0.25, -0.2) is 0 Å². The quantitative estimate of drug-likeness (QED) is 0.371. The van der Waals surface area contributed by atoms with Crippen LogP contribution in [-0.4, -0.2) is 59.7 Å². The van der Waals surface area contributed by atoms with Crippen LogP contribution < -0.4 is 0 Å². The van der Waals surface area contributed by atoms with Crippen molar-refractivity contribution >= 4 is 23.7 Å². The number of rotatable bonds is 7. The molecule has 0 spiro atoms. The molecule has 7 nitrogen and oxygen atoms in total. The first-order valence-corrected chi connectivity index (χ1v) is 11.5. The normalized spacial score (nSPS) is 23.4. The molecule has 0 bridgehead atoms. The molecule has 170 valence electrons. The predicted octanol–water partition coefficient (Wildman–Crippen LogP) is 2.35. The number of imide groups is 1. The highest BCUT2D eigenvalue weighted by Crippen LogP contribution is 2.35. The predicted molar refractivity (Wildman–Crippen MR) is 117 cm³/mol. The number of esters is 1. The Morgan fingerprint density at radius 1 is 0.938 bits per heavy atom. The number of ether oxygens (including phenoxy) is 1. The summed E-state index contributed by atoms with van der Waals surface area (Å²) < 4.78 is 5.14. The van der Waals surface area contributed by atoms with Gasteiger partial charge in [-0.05, 0) is 43.6 Å². The maximum atomic E-state index is 12.4. The zero-order valence-corrected chi connectivity index (χ0v) is 18.3. The number of amides is 3. The minimum Gasteiger partial charge on any atom is -0.456 e. The third-order valence-electron chi connectivity index (χ3n) is 6.83. The summed E-state index contributed by atoms with van der Waals surface area (Å²) >= 11 is 0. The Balaban J connectivity index is 1.15. The average molecular weight is 439 g/mol. The summed E-state index contributed by atoms with van der Waals surface area (Å²) in [6, 6.07) is 10.4. The lowest BCUT2D eigenvalue weighted by Gasteiger charge is -2.32. The lowest BCUT2D eigenvalue weighted by molar-refractivity contribution is -0.153. The van der Waals surface area contributed by atoms with Gasteiger partial charge in [0.1, 0.15) is 0 Å². The highest BCUT2D eigenvalue weighted by Gasteiger charge is 2.46. The molecule has 2 aliphatic heterocycles. The summed E-state index contributed by atoms with van der Waals surface area (Å²) in [4.78, 5) is 52.3. The van der Waals surface area contributed by atoms with Gasteiger partial charge in [-0.2, -0.15) is 0 Å². The first-order chi connectivity index (χ1) is 15.5. The Morgan fingerprint density at radius 2 is 1.56 bits per heavy atom. The molecule has 7 heteroatoms. The summed E-state index contributed by atoms with van der Waals surface area (Å²) in [6.45, 7) is 1.06. The number of fused-ring (bicyclic) bond motifs is 1. The van der Waals surface area contributed by atoms with Crippen LogP contribution in [0.3, 0.4) is 0 Å². The summed E-state index contributed by atoms with van der Waals surface area (Å²) in [5, 5.41) is 0. The van der Waals surface area contributed by atoms with Gasteiger partial charge in [0.15, 0.2) is 6.61 Å². The molecule has 2 saturated heterocycles. The number of hydrogen-bond donors (Lipinski definition) is 0. The minimum atomic E-state index is -0.564. The molecule has 2 heterocycles. The minimum absolute atomic E-state index is 0.0164. The number of allylic oxidation sites excluding steroid dienone is 2. The SMILES string of the molecule is O=C(CCN1C(=O)[C@H]2CC=CC[C@H]2C1=O)OCC(=O)N1CCC(Cc2ccccc2)CC1. The first kappa shape index (κ1) is 22.2. The van der Waals surface area contributed by atoms with Crippen molar-refractivity contribution in [1.82, 2.24) is 9.80 Å². The van der Waals surface area contributed by atoms with Gasteiger partial charge in [-0.3, -0.25) is 24.1 Å². The Labute approximate surface area is 188 Å². The standard InChI is InChI=1S/C25H30N2O5/c28-22(26-13-10-19(11-14-26)16-18-6-2-1-3-7-18)17-32-23(29)12-15-27-24(30)20-8-4-5-9-21(20)25(27)31/h1-7,19-21H,8-17H2/t20-,21+. The second kappa shape index (κ2) is 10.1. The number of hydrogen-bond acceptors (Lipinski definition) is 5. The fraction of sp³-hybridized carbons (Fsp3) is 0.520. The van der Waals surface area contributed by atoms with Crippen LogP contribution in [0.25, 0.3) is 0 Å². The molecule has 32 heavy (non-hydrogen) atoms. The first-order valence-electron chi connectivity index (χ1n) is 11.5. The van der Waals surface area contributed by atoms with Crippen LogP contribution in [0.5, 0.6) is 0 Å². The number of piperidine rings is 1. The summed E-state index contributed by atoms with van der Waals surface area (Å²) in [6.07, 6.45) is 7.82. The molecular weight excluding hydrogens is 408 g/mol. The Kier molecular flexibility index (Phi) is 7.02. The Morgan fingerprint density at radius 3 is 2.19 bits per heavy atom. The highest BCUT2D eigenvalue weighted by atomic mass is 16.5. The Hall–Kier alpha value is -2.96. The number of likely N-dealkylation sites (tertiary alicyclic amines) is 2. The van der Waals surface area contributed by atoms with Crippen molar-refractivity contribution in [3.63, 3.8) is 0 Å². The van der Waals surface area contributed by atoms with E-state index in [9.17, 15) is 19.2 Å². The van der Waals surface area contributed by atoms with Gasteiger partial charge in [0, 0.05) is 19.6 Å². The molecule has 0 radical (unpaired) electrons. The van der Waals surface area contributed by atoms with Gasteiger partial charge in [0.2, 0.25) is 11.8 Å². The van der Waals surface area contributed by atoms with Crippen LogP contribution in [0.1, 0.15) is 37.7 Å². The highest BCUT2D eigenvalue weighted by molar-refractivity contribution is 6.05. The maximum absolute atomic E-state index is 12.4. The van der Waals surface area contributed by atoms with Crippen LogP contribution in [0, 0.1) is 17.8 Å². The van der Waals surface area contributed by atoms with Gasteiger partial charge in [0.05, 0.1) is 18.3 Å². The fourth-order valence-electron chi connectivity index (χ4n) is 4.93. The van der Waals surface area contributed by atoms with E-state index < -0.39 is 5.97 Å². The summed E-state index contributed by atoms with van der Waals surface area (Å²) in [7, 11) is 0.